The van der Waals surface area contributed by atoms with Crippen LogP contribution < -0.4 is 5.32 Å². The molecule has 5 nitrogen and oxygen atoms in total. The lowest BCUT2D eigenvalue weighted by Crippen LogP contribution is -2.43. The van der Waals surface area contributed by atoms with Crippen molar-refractivity contribution in [2.75, 3.05) is 24.7 Å². The summed E-state index contributed by atoms with van der Waals surface area (Å²) in [5.74, 6) is -0.387. The van der Waals surface area contributed by atoms with Gasteiger partial charge in [-0.2, -0.15) is 0 Å². The van der Waals surface area contributed by atoms with Gasteiger partial charge in [0.2, 0.25) is 15.9 Å². The monoisotopic (exact) mass is 296 g/mol. The third kappa shape index (κ3) is 3.80. The number of hydrogen-bond donors (Lipinski definition) is 1. The predicted octanol–water partition coefficient (Wildman–Crippen LogP) is 1.61. The molecule has 0 radical (unpaired) electrons. The van der Waals surface area contributed by atoms with E-state index in [-0.39, 0.29) is 18.4 Å². The molecule has 0 unspecified atom stereocenters. The molecule has 0 aliphatic carbocycles. The van der Waals surface area contributed by atoms with E-state index in [0.717, 1.165) is 24.1 Å². The fourth-order valence-corrected chi connectivity index (χ4v) is 3.25. The van der Waals surface area contributed by atoms with Gasteiger partial charge >= 0.3 is 0 Å². The molecule has 1 saturated heterocycles. The highest BCUT2D eigenvalue weighted by atomic mass is 32.2. The standard InChI is InChI=1S/C14H20N2O3S/c1-11-5-7-13(8-6-11)15-14(17)12-4-3-9-16(10-12)20(2,18)19/h5-8,12H,3-4,9-10H2,1-2H3,(H,15,17)/t12-/m0/s1. The van der Waals surface area contributed by atoms with Crippen molar-refractivity contribution in [3.05, 3.63) is 29.8 Å². The van der Waals surface area contributed by atoms with Crippen LogP contribution in [0.5, 0.6) is 0 Å². The zero-order chi connectivity index (χ0) is 14.8. The third-order valence-corrected chi connectivity index (χ3v) is 4.81. The Morgan fingerprint density at radius 3 is 2.55 bits per heavy atom. The second kappa shape index (κ2) is 5.93. The second-order valence-corrected chi connectivity index (χ2v) is 7.30. The fourth-order valence-electron chi connectivity index (χ4n) is 2.34. The van der Waals surface area contributed by atoms with Gasteiger partial charge in [-0.1, -0.05) is 17.7 Å². The molecule has 1 amide bonds. The molecule has 0 spiro atoms. The molecule has 1 fully saturated rings. The van der Waals surface area contributed by atoms with E-state index in [1.165, 1.54) is 10.6 Å². The SMILES string of the molecule is Cc1ccc(NC(=O)[C@H]2CCCN(S(C)(=O)=O)C2)cc1. The van der Waals surface area contributed by atoms with Crippen molar-refractivity contribution in [2.24, 2.45) is 5.92 Å². The Bertz CT molecular complexity index is 581. The number of hydrogen-bond acceptors (Lipinski definition) is 3. The molecule has 0 aromatic heterocycles. The molecule has 1 aromatic rings. The summed E-state index contributed by atoms with van der Waals surface area (Å²) < 4.78 is 24.5. The molecule has 1 aliphatic heterocycles. The Morgan fingerprint density at radius 1 is 1.30 bits per heavy atom. The number of carbonyl (C=O) groups is 1. The van der Waals surface area contributed by atoms with Crippen molar-refractivity contribution in [3.8, 4) is 0 Å². The first-order chi connectivity index (χ1) is 9.36. The van der Waals surface area contributed by atoms with Gasteiger partial charge in [-0.05, 0) is 31.9 Å². The van der Waals surface area contributed by atoms with E-state index >= 15 is 0 Å². The summed E-state index contributed by atoms with van der Waals surface area (Å²) in [5.41, 5.74) is 1.88. The van der Waals surface area contributed by atoms with Gasteiger partial charge in [0, 0.05) is 18.8 Å². The smallest absolute Gasteiger partial charge is 0.228 e. The highest BCUT2D eigenvalue weighted by molar-refractivity contribution is 7.88. The lowest BCUT2D eigenvalue weighted by atomic mass is 9.98. The molecule has 110 valence electrons. The average molecular weight is 296 g/mol. The van der Waals surface area contributed by atoms with E-state index in [1.54, 1.807) is 0 Å². The minimum atomic E-state index is -3.22. The lowest BCUT2D eigenvalue weighted by Gasteiger charge is -2.30. The minimum Gasteiger partial charge on any atom is -0.326 e. The normalized spacial score (nSPS) is 20.6. The van der Waals surface area contributed by atoms with E-state index in [0.29, 0.717) is 6.54 Å². The minimum absolute atomic E-state index is 0.109. The van der Waals surface area contributed by atoms with Crippen LogP contribution in [0.3, 0.4) is 0 Å². The number of amides is 1. The summed E-state index contributed by atoms with van der Waals surface area (Å²) in [6, 6.07) is 7.56. The summed E-state index contributed by atoms with van der Waals surface area (Å²) in [6.45, 7) is 2.76. The van der Waals surface area contributed by atoms with Crippen molar-refractivity contribution in [3.63, 3.8) is 0 Å². The summed E-state index contributed by atoms with van der Waals surface area (Å²) >= 11 is 0. The summed E-state index contributed by atoms with van der Waals surface area (Å²) in [5, 5.41) is 2.85. The zero-order valence-corrected chi connectivity index (χ0v) is 12.6. The zero-order valence-electron chi connectivity index (χ0n) is 11.8. The molecule has 0 saturated carbocycles. The first-order valence-electron chi connectivity index (χ1n) is 6.69. The maximum absolute atomic E-state index is 12.2. The van der Waals surface area contributed by atoms with Gasteiger partial charge in [0.1, 0.15) is 0 Å². The van der Waals surface area contributed by atoms with Crippen LogP contribution in [0.25, 0.3) is 0 Å². The number of sulfonamides is 1. The number of aryl methyl sites for hydroxylation is 1. The predicted molar refractivity (Wildman–Crippen MR) is 78.9 cm³/mol. The molecule has 0 bridgehead atoms. The van der Waals surface area contributed by atoms with Crippen LogP contribution >= 0.6 is 0 Å². The van der Waals surface area contributed by atoms with E-state index in [2.05, 4.69) is 5.32 Å². The molecule has 1 aromatic carbocycles. The largest absolute Gasteiger partial charge is 0.326 e. The quantitative estimate of drug-likeness (QED) is 0.921. The van der Waals surface area contributed by atoms with E-state index in [9.17, 15) is 13.2 Å². The number of benzene rings is 1. The van der Waals surface area contributed by atoms with Crippen LogP contribution in [0.2, 0.25) is 0 Å². The van der Waals surface area contributed by atoms with E-state index < -0.39 is 10.0 Å². The maximum Gasteiger partial charge on any atom is 0.228 e. The fraction of sp³-hybridized carbons (Fsp3) is 0.500. The van der Waals surface area contributed by atoms with Crippen molar-refractivity contribution in [1.29, 1.82) is 0 Å². The maximum atomic E-state index is 12.2. The van der Waals surface area contributed by atoms with E-state index in [1.807, 2.05) is 31.2 Å². The highest BCUT2D eigenvalue weighted by Gasteiger charge is 2.30. The van der Waals surface area contributed by atoms with Crippen LogP contribution in [0.1, 0.15) is 18.4 Å². The molecule has 20 heavy (non-hydrogen) atoms. The Hall–Kier alpha value is -1.40. The van der Waals surface area contributed by atoms with Crippen molar-refractivity contribution < 1.29 is 13.2 Å². The van der Waals surface area contributed by atoms with Crippen LogP contribution in [0, 0.1) is 12.8 Å². The van der Waals surface area contributed by atoms with Crippen LogP contribution in [-0.2, 0) is 14.8 Å². The molecule has 2 rings (SSSR count). The third-order valence-electron chi connectivity index (χ3n) is 3.54. The first kappa shape index (κ1) is 15.0. The van der Waals surface area contributed by atoms with Gasteiger partial charge in [0.15, 0.2) is 0 Å². The van der Waals surface area contributed by atoms with Gasteiger partial charge < -0.3 is 5.32 Å². The molecule has 1 heterocycles. The van der Waals surface area contributed by atoms with Gasteiger partial charge in [0.25, 0.3) is 0 Å². The molecule has 1 atom stereocenters. The molecule has 1 aliphatic rings. The Kier molecular flexibility index (Phi) is 4.45. The highest BCUT2D eigenvalue weighted by Crippen LogP contribution is 2.20. The van der Waals surface area contributed by atoms with Crippen molar-refractivity contribution in [1.82, 2.24) is 4.31 Å². The summed E-state index contributed by atoms with van der Waals surface area (Å²) in [7, 11) is -3.22. The Balaban J connectivity index is 2.00. The Labute approximate surface area is 120 Å². The number of carbonyl (C=O) groups excluding carboxylic acids is 1. The van der Waals surface area contributed by atoms with Crippen LogP contribution in [0.4, 0.5) is 5.69 Å². The summed E-state index contributed by atoms with van der Waals surface area (Å²) in [6.07, 6.45) is 2.63. The van der Waals surface area contributed by atoms with E-state index in [4.69, 9.17) is 0 Å². The van der Waals surface area contributed by atoms with Crippen molar-refractivity contribution in [2.45, 2.75) is 19.8 Å². The number of rotatable bonds is 3. The average Bonchev–Trinajstić information content (AvgIpc) is 2.40. The topological polar surface area (TPSA) is 66.5 Å². The number of piperidine rings is 1. The summed E-state index contributed by atoms with van der Waals surface area (Å²) in [4.78, 5) is 12.2. The van der Waals surface area contributed by atoms with Gasteiger partial charge in [-0.25, -0.2) is 12.7 Å². The lowest BCUT2D eigenvalue weighted by molar-refractivity contribution is -0.120. The molecule has 1 N–H and O–H groups in total. The van der Waals surface area contributed by atoms with Gasteiger partial charge in [0.05, 0.1) is 12.2 Å². The molecule has 6 heteroatoms. The van der Waals surface area contributed by atoms with Gasteiger partial charge in [-0.3, -0.25) is 4.79 Å². The molecular weight excluding hydrogens is 276 g/mol. The van der Waals surface area contributed by atoms with Crippen LogP contribution in [0.15, 0.2) is 24.3 Å². The van der Waals surface area contributed by atoms with Gasteiger partial charge in [-0.15, -0.1) is 0 Å². The van der Waals surface area contributed by atoms with Crippen LogP contribution in [-0.4, -0.2) is 38.0 Å². The number of anilines is 1. The first-order valence-corrected chi connectivity index (χ1v) is 8.54. The number of nitrogens with zero attached hydrogens (tertiary/aromatic N) is 1. The Morgan fingerprint density at radius 2 is 1.95 bits per heavy atom. The van der Waals surface area contributed by atoms with Crippen molar-refractivity contribution >= 4 is 21.6 Å². The molecular formula is C14H20N2O3S. The number of nitrogens with one attached hydrogen (secondary N) is 1. The second-order valence-electron chi connectivity index (χ2n) is 5.32.